The van der Waals surface area contributed by atoms with E-state index in [0.717, 1.165) is 4.90 Å². The monoisotopic (exact) mass is 530 g/mol. The van der Waals surface area contributed by atoms with Crippen LogP contribution >= 0.6 is 11.8 Å². The second kappa shape index (κ2) is 10.5. The molecule has 4 rings (SSSR count). The maximum Gasteiger partial charge on any atom is 0.407 e. The van der Waals surface area contributed by atoms with E-state index in [2.05, 4.69) is 10.6 Å². The van der Waals surface area contributed by atoms with Crippen LogP contribution in [0.5, 0.6) is 0 Å². The number of benzene rings is 1. The molecule has 0 bridgehead atoms. The first-order valence-corrected chi connectivity index (χ1v) is 13.2. The molecule has 6 amide bonds. The van der Waals surface area contributed by atoms with Crippen molar-refractivity contribution in [2.75, 3.05) is 18.8 Å². The third kappa shape index (κ3) is 5.95. The number of carbonyl (C=O) groups excluding carboxylic acids is 6. The molecule has 0 spiro atoms. The smallest absolute Gasteiger partial charge is 0.407 e. The van der Waals surface area contributed by atoms with E-state index in [1.807, 2.05) is 0 Å². The number of hydrogen-bond donors (Lipinski definition) is 2. The Morgan fingerprint density at radius 3 is 2.43 bits per heavy atom. The average molecular weight is 531 g/mol. The molecule has 37 heavy (non-hydrogen) atoms. The van der Waals surface area contributed by atoms with Crippen LogP contribution in [0.1, 0.15) is 67.2 Å². The van der Waals surface area contributed by atoms with Gasteiger partial charge in [0.1, 0.15) is 11.6 Å². The third-order valence-corrected chi connectivity index (χ3v) is 7.39. The number of carbonyl (C=O) groups is 6. The summed E-state index contributed by atoms with van der Waals surface area (Å²) in [5, 5.41) is 5.02. The van der Waals surface area contributed by atoms with E-state index >= 15 is 0 Å². The molecule has 12 heteroatoms. The molecule has 0 saturated carbocycles. The van der Waals surface area contributed by atoms with E-state index in [-0.39, 0.29) is 41.7 Å². The van der Waals surface area contributed by atoms with Gasteiger partial charge in [0.2, 0.25) is 17.7 Å². The Hall–Kier alpha value is -3.41. The Morgan fingerprint density at radius 1 is 1.08 bits per heavy atom. The van der Waals surface area contributed by atoms with Crippen LogP contribution in [-0.4, -0.2) is 82.0 Å². The maximum atomic E-state index is 13.2. The molecule has 1 aromatic rings. The van der Waals surface area contributed by atoms with Gasteiger partial charge in [0.05, 0.1) is 16.9 Å². The lowest BCUT2D eigenvalue weighted by molar-refractivity contribution is -0.136. The Labute approximate surface area is 218 Å². The van der Waals surface area contributed by atoms with Crippen LogP contribution < -0.4 is 10.6 Å². The highest BCUT2D eigenvalue weighted by atomic mass is 32.2. The summed E-state index contributed by atoms with van der Waals surface area (Å²) in [6.45, 7) is 6.34. The first-order valence-electron chi connectivity index (χ1n) is 12.2. The molecular formula is C25H30N4O7S. The first-order chi connectivity index (χ1) is 17.4. The van der Waals surface area contributed by atoms with Crippen LogP contribution in [0.25, 0.3) is 0 Å². The van der Waals surface area contributed by atoms with Crippen molar-refractivity contribution in [3.8, 4) is 0 Å². The van der Waals surface area contributed by atoms with E-state index in [9.17, 15) is 28.8 Å². The molecule has 2 fully saturated rings. The van der Waals surface area contributed by atoms with Crippen molar-refractivity contribution in [3.05, 3.63) is 29.3 Å². The van der Waals surface area contributed by atoms with Crippen molar-refractivity contribution >= 4 is 47.4 Å². The van der Waals surface area contributed by atoms with Gasteiger partial charge in [0, 0.05) is 30.4 Å². The summed E-state index contributed by atoms with van der Waals surface area (Å²) in [5.41, 5.74) is -0.225. The number of rotatable bonds is 5. The van der Waals surface area contributed by atoms with Gasteiger partial charge in [-0.3, -0.25) is 34.2 Å². The van der Waals surface area contributed by atoms with Crippen LogP contribution in [-0.2, 0) is 19.1 Å². The van der Waals surface area contributed by atoms with E-state index in [1.54, 1.807) is 37.8 Å². The number of fused-ring (bicyclic) bond motifs is 1. The van der Waals surface area contributed by atoms with Gasteiger partial charge in [-0.05, 0) is 52.2 Å². The van der Waals surface area contributed by atoms with Gasteiger partial charge in [-0.2, -0.15) is 0 Å². The van der Waals surface area contributed by atoms with Crippen molar-refractivity contribution in [2.24, 2.45) is 0 Å². The number of imide groups is 2. The number of hydrogen-bond acceptors (Lipinski definition) is 8. The topological polar surface area (TPSA) is 142 Å². The van der Waals surface area contributed by atoms with Crippen molar-refractivity contribution in [3.63, 3.8) is 0 Å². The summed E-state index contributed by atoms with van der Waals surface area (Å²) in [6.07, 6.45) is 0.852. The van der Waals surface area contributed by atoms with E-state index in [4.69, 9.17) is 4.74 Å². The lowest BCUT2D eigenvalue weighted by Crippen LogP contribution is -2.54. The van der Waals surface area contributed by atoms with Gasteiger partial charge in [-0.15, -0.1) is 11.8 Å². The van der Waals surface area contributed by atoms with Gasteiger partial charge in [-0.25, -0.2) is 4.79 Å². The van der Waals surface area contributed by atoms with Crippen LogP contribution in [0, 0.1) is 0 Å². The molecule has 0 aliphatic carbocycles. The van der Waals surface area contributed by atoms with Crippen LogP contribution in [0.2, 0.25) is 0 Å². The Balaban J connectivity index is 1.34. The van der Waals surface area contributed by atoms with Crippen LogP contribution in [0.4, 0.5) is 4.79 Å². The van der Waals surface area contributed by atoms with Gasteiger partial charge in [0.15, 0.2) is 0 Å². The highest BCUT2D eigenvalue weighted by Crippen LogP contribution is 2.34. The van der Waals surface area contributed by atoms with Crippen molar-refractivity contribution in [1.29, 1.82) is 0 Å². The van der Waals surface area contributed by atoms with Crippen molar-refractivity contribution < 1.29 is 33.5 Å². The zero-order valence-electron chi connectivity index (χ0n) is 21.0. The Kier molecular flexibility index (Phi) is 7.58. The summed E-state index contributed by atoms with van der Waals surface area (Å²) in [7, 11) is 0. The van der Waals surface area contributed by atoms with Crippen molar-refractivity contribution in [1.82, 2.24) is 20.4 Å². The fourth-order valence-electron chi connectivity index (χ4n) is 4.58. The summed E-state index contributed by atoms with van der Waals surface area (Å²) in [6, 6.07) is 3.72. The van der Waals surface area contributed by atoms with Crippen molar-refractivity contribution in [2.45, 2.75) is 69.0 Å². The number of ether oxygens (including phenoxy) is 1. The van der Waals surface area contributed by atoms with E-state index in [1.165, 1.54) is 17.8 Å². The molecule has 1 atom stereocenters. The quantitative estimate of drug-likeness (QED) is 0.433. The number of thioether (sulfide) groups is 1. The number of likely N-dealkylation sites (tertiary alicyclic amines) is 1. The third-order valence-electron chi connectivity index (χ3n) is 6.35. The molecule has 198 valence electrons. The molecule has 0 aromatic heterocycles. The zero-order valence-corrected chi connectivity index (χ0v) is 21.8. The van der Waals surface area contributed by atoms with E-state index < -0.39 is 41.4 Å². The standard InChI is InChI=1S/C25H30N4O7S/c1-25(2,3)36-24(35)26-14-9-11-28(12-10-14)19(31)13-37-17-6-4-5-15-20(17)23(34)29(22(15)33)16-7-8-18(30)27-21(16)32/h4-6,14,16H,7-13H2,1-3H3,(H,26,35)(H,27,30,32). The van der Waals surface area contributed by atoms with E-state index in [0.29, 0.717) is 30.8 Å². The largest absolute Gasteiger partial charge is 0.444 e. The fourth-order valence-corrected chi connectivity index (χ4v) is 5.56. The highest BCUT2D eigenvalue weighted by molar-refractivity contribution is 8.00. The fraction of sp³-hybridized carbons (Fsp3) is 0.520. The van der Waals surface area contributed by atoms with Gasteiger partial charge in [0.25, 0.3) is 11.8 Å². The highest BCUT2D eigenvalue weighted by Gasteiger charge is 2.45. The zero-order chi connectivity index (χ0) is 26.9. The number of piperidine rings is 2. The number of nitrogens with one attached hydrogen (secondary N) is 2. The molecule has 1 aromatic carbocycles. The summed E-state index contributed by atoms with van der Waals surface area (Å²) in [5.74, 6) is -2.32. The molecule has 3 aliphatic heterocycles. The number of nitrogens with zero attached hydrogens (tertiary/aromatic N) is 2. The van der Waals surface area contributed by atoms with Crippen LogP contribution in [0.15, 0.2) is 23.1 Å². The second-order valence-electron chi connectivity index (χ2n) is 10.2. The number of amides is 6. The molecular weight excluding hydrogens is 500 g/mol. The molecule has 2 N–H and O–H groups in total. The predicted octanol–water partition coefficient (Wildman–Crippen LogP) is 1.70. The normalized spacial score (nSPS) is 20.6. The molecule has 1 unspecified atom stereocenters. The molecule has 2 saturated heterocycles. The minimum absolute atomic E-state index is 0.0455. The van der Waals surface area contributed by atoms with Crippen LogP contribution in [0.3, 0.4) is 0 Å². The van der Waals surface area contributed by atoms with Gasteiger partial charge < -0.3 is 15.0 Å². The molecule has 11 nitrogen and oxygen atoms in total. The second-order valence-corrected chi connectivity index (χ2v) is 11.2. The molecule has 3 aliphatic rings. The lowest BCUT2D eigenvalue weighted by Gasteiger charge is -2.33. The minimum Gasteiger partial charge on any atom is -0.444 e. The van der Waals surface area contributed by atoms with Gasteiger partial charge >= 0.3 is 6.09 Å². The molecule has 0 radical (unpaired) electrons. The summed E-state index contributed by atoms with van der Waals surface area (Å²) < 4.78 is 5.29. The first kappa shape index (κ1) is 26.6. The summed E-state index contributed by atoms with van der Waals surface area (Å²) >= 11 is 1.17. The van der Waals surface area contributed by atoms with Gasteiger partial charge in [-0.1, -0.05) is 6.07 Å². The predicted molar refractivity (Wildman–Crippen MR) is 133 cm³/mol. The minimum atomic E-state index is -1.04. The Bertz CT molecular complexity index is 1150. The molecule has 3 heterocycles. The average Bonchev–Trinajstić information content (AvgIpc) is 3.07. The Morgan fingerprint density at radius 2 is 1.78 bits per heavy atom. The maximum absolute atomic E-state index is 13.2. The lowest BCUT2D eigenvalue weighted by atomic mass is 10.0. The number of alkyl carbamates (subject to hydrolysis) is 1. The SMILES string of the molecule is CC(C)(C)OC(=O)NC1CCN(C(=O)CSc2cccc3c2C(=O)N(C2CCC(=O)NC2=O)C3=O)CC1. The summed E-state index contributed by atoms with van der Waals surface area (Å²) in [4.78, 5) is 77.9.